The highest BCUT2D eigenvalue weighted by Crippen LogP contribution is 2.53. The van der Waals surface area contributed by atoms with Crippen LogP contribution >= 0.6 is 11.6 Å². The fourth-order valence-electron chi connectivity index (χ4n) is 2.97. The topological polar surface area (TPSA) is 43.8 Å². The summed E-state index contributed by atoms with van der Waals surface area (Å²) in [6, 6.07) is 10.8. The maximum Gasteiger partial charge on any atom is 0.0834 e. The van der Waals surface area contributed by atoms with E-state index in [1.165, 1.54) is 5.56 Å². The molecular formula is C16H20ClN3. The van der Waals surface area contributed by atoms with E-state index in [-0.39, 0.29) is 12.1 Å². The molecule has 0 amide bonds. The molecule has 1 aliphatic carbocycles. The third kappa shape index (κ3) is 2.36. The summed E-state index contributed by atoms with van der Waals surface area (Å²) in [5.74, 6) is 1.02. The Hall–Kier alpha value is -1.32. The van der Waals surface area contributed by atoms with Crippen LogP contribution in [-0.2, 0) is 0 Å². The Morgan fingerprint density at radius 2 is 2.00 bits per heavy atom. The summed E-state index contributed by atoms with van der Waals surface area (Å²) in [6.45, 7) is 4.20. The molecule has 3 rings (SSSR count). The molecule has 2 N–H and O–H groups in total. The summed E-state index contributed by atoms with van der Waals surface area (Å²) in [5, 5.41) is 5.03. The van der Waals surface area contributed by atoms with Gasteiger partial charge in [0.1, 0.15) is 0 Å². The fraction of sp³-hybridized carbons (Fsp3) is 0.438. The largest absolute Gasteiger partial charge is 0.322 e. The Morgan fingerprint density at radius 3 is 2.65 bits per heavy atom. The number of halogens is 1. The van der Waals surface area contributed by atoms with Gasteiger partial charge in [0.25, 0.3) is 0 Å². The minimum Gasteiger partial charge on any atom is -0.322 e. The lowest BCUT2D eigenvalue weighted by Gasteiger charge is -2.17. The Kier molecular flexibility index (Phi) is 3.57. The number of nitrogens with zero attached hydrogens (tertiary/aromatic N) is 2. The molecule has 0 bridgehead atoms. The van der Waals surface area contributed by atoms with Gasteiger partial charge in [0.15, 0.2) is 0 Å². The molecular weight excluding hydrogens is 270 g/mol. The summed E-state index contributed by atoms with van der Waals surface area (Å²) in [7, 11) is 0. The van der Waals surface area contributed by atoms with Crippen molar-refractivity contribution in [3.63, 3.8) is 0 Å². The zero-order chi connectivity index (χ0) is 14.3. The van der Waals surface area contributed by atoms with E-state index in [0.717, 1.165) is 12.1 Å². The highest BCUT2D eigenvalue weighted by molar-refractivity contribution is 6.31. The minimum absolute atomic E-state index is 0.0439. The molecule has 1 aliphatic rings. The molecule has 4 heteroatoms. The Balaban J connectivity index is 1.82. The van der Waals surface area contributed by atoms with Gasteiger partial charge in [-0.2, -0.15) is 5.10 Å². The number of benzene rings is 1. The van der Waals surface area contributed by atoms with Gasteiger partial charge in [-0.1, -0.05) is 41.9 Å². The highest BCUT2D eigenvalue weighted by atomic mass is 35.5. The summed E-state index contributed by atoms with van der Waals surface area (Å²) < 4.78 is 1.95. The lowest BCUT2D eigenvalue weighted by atomic mass is 10.0. The number of aromatic nitrogens is 2. The van der Waals surface area contributed by atoms with E-state index in [4.69, 9.17) is 17.3 Å². The lowest BCUT2D eigenvalue weighted by molar-refractivity contribution is 0.467. The molecule has 2 aromatic rings. The molecule has 1 heterocycles. The van der Waals surface area contributed by atoms with E-state index in [9.17, 15) is 0 Å². The number of nitrogens with two attached hydrogens (primary N) is 1. The van der Waals surface area contributed by atoms with Crippen LogP contribution in [0.4, 0.5) is 0 Å². The van der Waals surface area contributed by atoms with Crippen LogP contribution in [0.25, 0.3) is 0 Å². The van der Waals surface area contributed by atoms with E-state index in [2.05, 4.69) is 43.2 Å². The highest BCUT2D eigenvalue weighted by Gasteiger charge is 2.44. The van der Waals surface area contributed by atoms with Crippen molar-refractivity contribution in [3.8, 4) is 0 Å². The Labute approximate surface area is 124 Å². The normalized spacial score (nSPS) is 23.1. The molecule has 1 saturated carbocycles. The van der Waals surface area contributed by atoms with E-state index in [1.807, 2.05) is 10.7 Å². The van der Waals surface area contributed by atoms with Crippen molar-refractivity contribution in [2.45, 2.75) is 38.3 Å². The lowest BCUT2D eigenvalue weighted by Crippen LogP contribution is -2.20. The summed E-state index contributed by atoms with van der Waals surface area (Å²) in [5.41, 5.74) is 8.82. The first-order chi connectivity index (χ1) is 9.59. The van der Waals surface area contributed by atoms with Crippen LogP contribution < -0.4 is 5.73 Å². The second-order valence-corrected chi connectivity index (χ2v) is 6.27. The second kappa shape index (κ2) is 5.23. The number of hydrogen-bond donors (Lipinski definition) is 1. The molecule has 3 atom stereocenters. The monoisotopic (exact) mass is 289 g/mol. The molecule has 1 aromatic heterocycles. The van der Waals surface area contributed by atoms with Crippen molar-refractivity contribution in [2.24, 2.45) is 11.7 Å². The van der Waals surface area contributed by atoms with Gasteiger partial charge < -0.3 is 5.73 Å². The van der Waals surface area contributed by atoms with Crippen LogP contribution in [0.15, 0.2) is 36.5 Å². The predicted octanol–water partition coefficient (Wildman–Crippen LogP) is 3.92. The van der Waals surface area contributed by atoms with E-state index < -0.39 is 0 Å². The van der Waals surface area contributed by atoms with Gasteiger partial charge in [-0.3, -0.25) is 4.68 Å². The first-order valence-electron chi connectivity index (χ1n) is 7.13. The molecule has 1 fully saturated rings. The average Bonchev–Trinajstić information content (AvgIpc) is 3.15. The molecule has 3 nitrogen and oxygen atoms in total. The van der Waals surface area contributed by atoms with Crippen LogP contribution in [-0.4, -0.2) is 9.78 Å². The number of hydrogen-bond acceptors (Lipinski definition) is 2. The molecule has 1 aromatic carbocycles. The van der Waals surface area contributed by atoms with Gasteiger partial charge in [0.05, 0.1) is 23.0 Å². The fourth-order valence-corrected chi connectivity index (χ4v) is 3.23. The van der Waals surface area contributed by atoms with Crippen molar-refractivity contribution in [1.29, 1.82) is 0 Å². The van der Waals surface area contributed by atoms with Crippen molar-refractivity contribution in [1.82, 2.24) is 9.78 Å². The first-order valence-corrected chi connectivity index (χ1v) is 7.50. The molecule has 0 spiro atoms. The average molecular weight is 290 g/mol. The number of rotatable bonds is 4. The van der Waals surface area contributed by atoms with Crippen molar-refractivity contribution >= 4 is 11.6 Å². The van der Waals surface area contributed by atoms with Crippen molar-refractivity contribution in [2.75, 3.05) is 0 Å². The maximum atomic E-state index is 6.47. The van der Waals surface area contributed by atoms with Gasteiger partial charge in [0.2, 0.25) is 0 Å². The molecule has 3 unspecified atom stereocenters. The van der Waals surface area contributed by atoms with E-state index in [0.29, 0.717) is 16.9 Å². The molecule has 0 radical (unpaired) electrons. The van der Waals surface area contributed by atoms with Gasteiger partial charge in [-0.25, -0.2) is 0 Å². The zero-order valence-corrected chi connectivity index (χ0v) is 12.6. The predicted molar refractivity (Wildman–Crippen MR) is 81.8 cm³/mol. The SMILES string of the molecule is CC(C)n1ncc(Cl)c1C(N)C1CC1c1ccccc1. The molecule has 20 heavy (non-hydrogen) atoms. The van der Waals surface area contributed by atoms with E-state index in [1.54, 1.807) is 6.20 Å². The van der Waals surface area contributed by atoms with Crippen LogP contribution in [0.2, 0.25) is 5.02 Å². The minimum atomic E-state index is -0.0439. The maximum absolute atomic E-state index is 6.47. The molecule has 106 valence electrons. The van der Waals surface area contributed by atoms with Gasteiger partial charge in [-0.15, -0.1) is 0 Å². The van der Waals surface area contributed by atoms with Gasteiger partial charge in [-0.05, 0) is 37.7 Å². The first kappa shape index (κ1) is 13.7. The van der Waals surface area contributed by atoms with Crippen LogP contribution in [0.3, 0.4) is 0 Å². The zero-order valence-electron chi connectivity index (χ0n) is 11.8. The summed E-state index contributed by atoms with van der Waals surface area (Å²) in [6.07, 6.45) is 2.83. The van der Waals surface area contributed by atoms with E-state index >= 15 is 0 Å². The van der Waals surface area contributed by atoms with Crippen LogP contribution in [0.1, 0.15) is 49.5 Å². The van der Waals surface area contributed by atoms with Gasteiger partial charge in [0, 0.05) is 6.04 Å². The van der Waals surface area contributed by atoms with Crippen LogP contribution in [0.5, 0.6) is 0 Å². The Bertz CT molecular complexity index is 591. The van der Waals surface area contributed by atoms with Crippen molar-refractivity contribution < 1.29 is 0 Å². The quantitative estimate of drug-likeness (QED) is 0.927. The van der Waals surface area contributed by atoms with Gasteiger partial charge >= 0.3 is 0 Å². The van der Waals surface area contributed by atoms with Crippen molar-refractivity contribution in [3.05, 3.63) is 52.8 Å². The molecule has 0 aliphatic heterocycles. The standard InChI is InChI=1S/C16H20ClN3/c1-10(2)20-16(14(17)9-19-20)15(18)13-8-12(13)11-6-4-3-5-7-11/h3-7,9-10,12-13,15H,8,18H2,1-2H3. The smallest absolute Gasteiger partial charge is 0.0834 e. The Morgan fingerprint density at radius 1 is 1.30 bits per heavy atom. The molecule has 0 saturated heterocycles. The van der Waals surface area contributed by atoms with Crippen LogP contribution in [0, 0.1) is 5.92 Å². The summed E-state index contributed by atoms with van der Waals surface area (Å²) >= 11 is 6.29. The third-order valence-corrected chi connectivity index (χ3v) is 4.41. The summed E-state index contributed by atoms with van der Waals surface area (Å²) in [4.78, 5) is 0. The second-order valence-electron chi connectivity index (χ2n) is 5.86. The third-order valence-electron chi connectivity index (χ3n) is 4.12.